The standard InChI is InChI=1S/C21H19F3N8O4S/c1-4-13(31-8-10(6-27-31)32(35)36)19(34)29-16-15-11(12-7-26-30(3)9(12)2)5-14(21(22,23)24)28-20(15)37-17(16)18(25)33/h5-8,13H,4H2,1-3H3,(H2,25,33)(H,29,34). The molecule has 3 N–H and O–H groups in total. The molecule has 1 atom stereocenters. The first-order valence-electron chi connectivity index (χ1n) is 10.7. The number of rotatable bonds is 7. The summed E-state index contributed by atoms with van der Waals surface area (Å²) in [6.45, 7) is 3.29. The van der Waals surface area contributed by atoms with E-state index in [9.17, 15) is 32.9 Å². The molecule has 0 bridgehead atoms. The highest BCUT2D eigenvalue weighted by molar-refractivity contribution is 7.21. The number of nitrogens with two attached hydrogens (primary N) is 1. The maximum atomic E-state index is 13.7. The molecule has 0 radical (unpaired) electrons. The van der Waals surface area contributed by atoms with Gasteiger partial charge < -0.3 is 11.1 Å². The van der Waals surface area contributed by atoms with Gasteiger partial charge in [0.1, 0.15) is 33.8 Å². The lowest BCUT2D eigenvalue weighted by atomic mass is 10.0. The molecule has 16 heteroatoms. The molecule has 0 aromatic carbocycles. The Morgan fingerprint density at radius 1 is 1.27 bits per heavy atom. The molecule has 12 nitrogen and oxygen atoms in total. The zero-order valence-corrected chi connectivity index (χ0v) is 20.3. The number of thiophene rings is 1. The zero-order valence-electron chi connectivity index (χ0n) is 19.5. The number of anilines is 1. The van der Waals surface area contributed by atoms with E-state index >= 15 is 0 Å². The molecule has 4 rings (SSSR count). The van der Waals surface area contributed by atoms with Gasteiger partial charge in [0.25, 0.3) is 5.91 Å². The molecule has 0 fully saturated rings. The van der Waals surface area contributed by atoms with Gasteiger partial charge in [-0.25, -0.2) is 4.98 Å². The summed E-state index contributed by atoms with van der Waals surface area (Å²) in [5, 5.41) is 21.7. The molecule has 0 aliphatic carbocycles. The fraction of sp³-hybridized carbons (Fsp3) is 0.286. The van der Waals surface area contributed by atoms with Crippen molar-refractivity contribution in [2.45, 2.75) is 32.5 Å². The molecule has 37 heavy (non-hydrogen) atoms. The van der Waals surface area contributed by atoms with E-state index in [1.807, 2.05) is 0 Å². The van der Waals surface area contributed by atoms with Crippen molar-refractivity contribution in [1.82, 2.24) is 24.5 Å². The summed E-state index contributed by atoms with van der Waals surface area (Å²) >= 11 is 0.610. The number of aryl methyl sites for hydroxylation is 1. The van der Waals surface area contributed by atoms with Crippen LogP contribution in [0.2, 0.25) is 0 Å². The fourth-order valence-electron chi connectivity index (χ4n) is 3.80. The molecule has 4 aromatic heterocycles. The van der Waals surface area contributed by atoms with Crippen LogP contribution < -0.4 is 11.1 Å². The third-order valence-corrected chi connectivity index (χ3v) is 6.86. The van der Waals surface area contributed by atoms with Crippen LogP contribution in [-0.4, -0.2) is 41.3 Å². The summed E-state index contributed by atoms with van der Waals surface area (Å²) < 4.78 is 43.6. The van der Waals surface area contributed by atoms with Gasteiger partial charge in [-0.15, -0.1) is 11.3 Å². The van der Waals surface area contributed by atoms with Crippen LogP contribution in [0.15, 0.2) is 24.7 Å². The van der Waals surface area contributed by atoms with E-state index < -0.39 is 34.6 Å². The van der Waals surface area contributed by atoms with Crippen LogP contribution in [0.4, 0.5) is 24.5 Å². The summed E-state index contributed by atoms with van der Waals surface area (Å²) in [6, 6.07) is -0.205. The number of nitrogens with one attached hydrogen (secondary N) is 1. The Hall–Kier alpha value is -4.34. The Balaban J connectivity index is 1.92. The van der Waals surface area contributed by atoms with Crippen LogP contribution in [0.25, 0.3) is 21.3 Å². The maximum Gasteiger partial charge on any atom is 0.433 e. The number of carbonyl (C=O) groups excluding carboxylic acids is 2. The highest BCUT2D eigenvalue weighted by atomic mass is 32.1. The van der Waals surface area contributed by atoms with E-state index in [1.165, 1.54) is 10.9 Å². The molecule has 0 aliphatic rings. The predicted octanol–water partition coefficient (Wildman–Crippen LogP) is 3.82. The number of fused-ring (bicyclic) bond motifs is 1. The quantitative estimate of drug-likeness (QED) is 0.268. The summed E-state index contributed by atoms with van der Waals surface area (Å²) in [5.41, 5.74) is 4.79. The van der Waals surface area contributed by atoms with Gasteiger partial charge in [0.2, 0.25) is 5.91 Å². The van der Waals surface area contributed by atoms with Crippen molar-refractivity contribution < 1.29 is 27.7 Å². The van der Waals surface area contributed by atoms with Crippen molar-refractivity contribution in [2.24, 2.45) is 12.8 Å². The topological polar surface area (TPSA) is 164 Å². The second-order valence-electron chi connectivity index (χ2n) is 8.02. The van der Waals surface area contributed by atoms with Crippen LogP contribution in [0.3, 0.4) is 0 Å². The summed E-state index contributed by atoms with van der Waals surface area (Å²) in [5.74, 6) is -1.69. The summed E-state index contributed by atoms with van der Waals surface area (Å²) in [6.07, 6.45) is -1.20. The van der Waals surface area contributed by atoms with E-state index in [1.54, 1.807) is 20.9 Å². The Labute approximate surface area is 210 Å². The lowest BCUT2D eigenvalue weighted by molar-refractivity contribution is -0.385. The Morgan fingerprint density at radius 2 is 1.97 bits per heavy atom. The predicted molar refractivity (Wildman–Crippen MR) is 127 cm³/mol. The molecule has 194 valence electrons. The van der Waals surface area contributed by atoms with Gasteiger partial charge in [0.05, 0.1) is 16.8 Å². The van der Waals surface area contributed by atoms with Crippen LogP contribution in [0, 0.1) is 17.0 Å². The average molecular weight is 536 g/mol. The lowest BCUT2D eigenvalue weighted by Crippen LogP contribution is -2.27. The van der Waals surface area contributed by atoms with Crippen molar-refractivity contribution in [1.29, 1.82) is 0 Å². The van der Waals surface area contributed by atoms with E-state index in [4.69, 9.17) is 5.73 Å². The highest BCUT2D eigenvalue weighted by Gasteiger charge is 2.36. The van der Waals surface area contributed by atoms with Crippen LogP contribution in [0.1, 0.15) is 40.4 Å². The smallest absolute Gasteiger partial charge is 0.365 e. The average Bonchev–Trinajstić information content (AvgIpc) is 3.52. The van der Waals surface area contributed by atoms with Crippen LogP contribution in [0.5, 0.6) is 0 Å². The van der Waals surface area contributed by atoms with Gasteiger partial charge in [-0.3, -0.25) is 29.1 Å². The van der Waals surface area contributed by atoms with Gasteiger partial charge in [-0.05, 0) is 25.0 Å². The molecule has 0 saturated heterocycles. The third-order valence-electron chi connectivity index (χ3n) is 5.76. The second kappa shape index (κ2) is 9.27. The van der Waals surface area contributed by atoms with Crippen LogP contribution in [-0.2, 0) is 18.0 Å². The molecule has 0 spiro atoms. The molecule has 1 unspecified atom stereocenters. The normalized spacial score (nSPS) is 12.6. The number of nitrogens with zero attached hydrogens (tertiary/aromatic N) is 6. The summed E-state index contributed by atoms with van der Waals surface area (Å²) in [7, 11) is 1.61. The SMILES string of the molecule is CCC(C(=O)Nc1c(C(N)=O)sc2nc(C(F)(F)F)cc(-c3cnn(C)c3C)c12)n1cc([N+](=O)[O-])cn1. The zero-order chi connectivity index (χ0) is 27.2. The number of hydrogen-bond donors (Lipinski definition) is 2. The third kappa shape index (κ3) is 4.62. The molecule has 0 aliphatic heterocycles. The number of pyridine rings is 1. The van der Waals surface area contributed by atoms with Crippen molar-refractivity contribution in [3.63, 3.8) is 0 Å². The van der Waals surface area contributed by atoms with Crippen molar-refractivity contribution >= 4 is 44.7 Å². The van der Waals surface area contributed by atoms with Gasteiger partial charge in [0.15, 0.2) is 0 Å². The highest BCUT2D eigenvalue weighted by Crippen LogP contribution is 2.44. The number of hydrogen-bond acceptors (Lipinski definition) is 8. The van der Waals surface area contributed by atoms with Crippen molar-refractivity contribution in [3.05, 3.63) is 51.0 Å². The Morgan fingerprint density at radius 3 is 2.49 bits per heavy atom. The molecule has 4 heterocycles. The number of halogens is 3. The Kier molecular flexibility index (Phi) is 6.45. The first-order chi connectivity index (χ1) is 17.3. The molecule has 2 amide bonds. The van der Waals surface area contributed by atoms with Crippen molar-refractivity contribution in [3.8, 4) is 11.1 Å². The summed E-state index contributed by atoms with van der Waals surface area (Å²) in [4.78, 5) is 39.2. The number of aromatic nitrogens is 5. The number of amides is 2. The van der Waals surface area contributed by atoms with Gasteiger partial charge in [-0.2, -0.15) is 23.4 Å². The second-order valence-corrected chi connectivity index (χ2v) is 9.02. The molecule has 4 aromatic rings. The van der Waals surface area contributed by atoms with Gasteiger partial charge >= 0.3 is 11.9 Å². The van der Waals surface area contributed by atoms with Crippen molar-refractivity contribution in [2.75, 3.05) is 5.32 Å². The van der Waals surface area contributed by atoms with E-state index in [0.717, 1.165) is 23.1 Å². The molecule has 0 saturated carbocycles. The van der Waals surface area contributed by atoms with E-state index in [0.29, 0.717) is 22.6 Å². The minimum atomic E-state index is -4.79. The lowest BCUT2D eigenvalue weighted by Gasteiger charge is -2.16. The van der Waals surface area contributed by atoms with Gasteiger partial charge in [0, 0.05) is 23.7 Å². The van der Waals surface area contributed by atoms with E-state index in [-0.39, 0.29) is 38.5 Å². The maximum absolute atomic E-state index is 13.7. The van der Waals surface area contributed by atoms with E-state index in [2.05, 4.69) is 20.5 Å². The fourth-order valence-corrected chi connectivity index (χ4v) is 4.81. The Bertz CT molecular complexity index is 1560. The first-order valence-corrected chi connectivity index (χ1v) is 11.5. The minimum Gasteiger partial charge on any atom is -0.365 e. The number of primary amides is 1. The van der Waals surface area contributed by atoms with Crippen LogP contribution >= 0.6 is 11.3 Å². The number of carbonyl (C=O) groups is 2. The monoisotopic (exact) mass is 536 g/mol. The van der Waals surface area contributed by atoms with Gasteiger partial charge in [-0.1, -0.05) is 6.92 Å². The first kappa shape index (κ1) is 25.7. The number of nitro groups is 1. The molecular weight excluding hydrogens is 517 g/mol. The molecular formula is C21H19F3N8O4S. The minimum absolute atomic E-state index is 0.0461. The largest absolute Gasteiger partial charge is 0.433 e. The number of alkyl halides is 3.